The first-order chi connectivity index (χ1) is 11.5. The minimum absolute atomic E-state index is 0.0301. The van der Waals surface area contributed by atoms with Crippen LogP contribution in [0.5, 0.6) is 0 Å². The predicted molar refractivity (Wildman–Crippen MR) is 91.0 cm³/mol. The number of carbonyl (C=O) groups excluding carboxylic acids is 1. The maximum Gasteiger partial charge on any atom is 0.243 e. The minimum Gasteiger partial charge on any atom is -0.367 e. The number of rotatable bonds is 4. The molecule has 1 fully saturated rings. The number of carbonyl (C=O) groups is 1. The predicted octanol–water partition coefficient (Wildman–Crippen LogP) is 1.40. The second-order valence-electron chi connectivity index (χ2n) is 5.95. The molecule has 1 amide bonds. The zero-order valence-electron chi connectivity index (χ0n) is 13.6. The molecule has 2 heterocycles. The Morgan fingerprint density at radius 2 is 1.83 bits per heavy atom. The highest BCUT2D eigenvalue weighted by molar-refractivity contribution is 7.89. The number of sulfonamides is 1. The summed E-state index contributed by atoms with van der Waals surface area (Å²) in [5.41, 5.74) is 1.68. The maximum absolute atomic E-state index is 12.8. The Kier molecular flexibility index (Phi) is 4.73. The summed E-state index contributed by atoms with van der Waals surface area (Å²) in [6.45, 7) is 3.30. The van der Waals surface area contributed by atoms with Crippen molar-refractivity contribution in [3.05, 3.63) is 53.9 Å². The van der Waals surface area contributed by atoms with Crippen molar-refractivity contribution in [2.24, 2.45) is 0 Å². The van der Waals surface area contributed by atoms with E-state index in [1.54, 1.807) is 42.4 Å². The standard InChI is InChI=1S/C17H21N3O3S/c1-14-4-2-3-5-16(14)24(22,23)20-10-8-19(9-11-20)17(21)12-15-6-7-18-13-15/h2-7,13,18H,8-12H2,1H3. The molecule has 0 radical (unpaired) electrons. The van der Waals surface area contributed by atoms with Crippen LogP contribution >= 0.6 is 0 Å². The van der Waals surface area contributed by atoms with Gasteiger partial charge in [-0.25, -0.2) is 8.42 Å². The van der Waals surface area contributed by atoms with Crippen LogP contribution < -0.4 is 0 Å². The monoisotopic (exact) mass is 347 g/mol. The number of amides is 1. The van der Waals surface area contributed by atoms with Crippen molar-refractivity contribution >= 4 is 15.9 Å². The van der Waals surface area contributed by atoms with E-state index in [0.717, 1.165) is 11.1 Å². The Hall–Kier alpha value is -2.12. The van der Waals surface area contributed by atoms with Crippen LogP contribution in [0.3, 0.4) is 0 Å². The summed E-state index contributed by atoms with van der Waals surface area (Å²) >= 11 is 0. The Balaban J connectivity index is 1.64. The first kappa shape index (κ1) is 16.7. The number of benzene rings is 1. The fraction of sp³-hybridized carbons (Fsp3) is 0.353. The van der Waals surface area contributed by atoms with Crippen LogP contribution in [0.2, 0.25) is 0 Å². The van der Waals surface area contributed by atoms with E-state index in [9.17, 15) is 13.2 Å². The number of H-pyrrole nitrogens is 1. The lowest BCUT2D eigenvalue weighted by atomic mass is 10.2. The average Bonchev–Trinajstić information content (AvgIpc) is 3.08. The fourth-order valence-corrected chi connectivity index (χ4v) is 4.57. The zero-order chi connectivity index (χ0) is 17.2. The van der Waals surface area contributed by atoms with Crippen LogP contribution in [-0.2, 0) is 21.2 Å². The highest BCUT2D eigenvalue weighted by Gasteiger charge is 2.30. The largest absolute Gasteiger partial charge is 0.367 e. The van der Waals surface area contributed by atoms with Gasteiger partial charge in [-0.05, 0) is 30.2 Å². The van der Waals surface area contributed by atoms with Gasteiger partial charge in [-0.1, -0.05) is 18.2 Å². The van der Waals surface area contributed by atoms with Gasteiger partial charge in [0.1, 0.15) is 0 Å². The topological polar surface area (TPSA) is 73.5 Å². The molecule has 0 spiro atoms. The van der Waals surface area contributed by atoms with Crippen molar-refractivity contribution in [1.29, 1.82) is 0 Å². The van der Waals surface area contributed by atoms with Crippen LogP contribution in [0.25, 0.3) is 0 Å². The van der Waals surface area contributed by atoms with Crippen LogP contribution in [0.15, 0.2) is 47.6 Å². The summed E-state index contributed by atoms with van der Waals surface area (Å²) < 4.78 is 27.0. The SMILES string of the molecule is Cc1ccccc1S(=O)(=O)N1CCN(C(=O)Cc2cc[nH]c2)CC1. The Morgan fingerprint density at radius 1 is 1.12 bits per heavy atom. The zero-order valence-corrected chi connectivity index (χ0v) is 14.4. The van der Waals surface area contributed by atoms with Gasteiger partial charge < -0.3 is 9.88 Å². The van der Waals surface area contributed by atoms with Gasteiger partial charge in [0.05, 0.1) is 11.3 Å². The summed E-state index contributed by atoms with van der Waals surface area (Å²) in [6, 6.07) is 8.86. The van der Waals surface area contributed by atoms with Gasteiger partial charge in [0.25, 0.3) is 0 Å². The number of aromatic amines is 1. The molecule has 24 heavy (non-hydrogen) atoms. The molecule has 1 aromatic heterocycles. The molecular weight excluding hydrogens is 326 g/mol. The molecule has 0 atom stereocenters. The van der Waals surface area contributed by atoms with Crippen LogP contribution in [0.1, 0.15) is 11.1 Å². The lowest BCUT2D eigenvalue weighted by Crippen LogP contribution is -2.50. The van der Waals surface area contributed by atoms with E-state index in [2.05, 4.69) is 4.98 Å². The smallest absolute Gasteiger partial charge is 0.243 e. The van der Waals surface area contributed by atoms with E-state index in [4.69, 9.17) is 0 Å². The van der Waals surface area contributed by atoms with Gasteiger partial charge in [-0.3, -0.25) is 4.79 Å². The Bertz CT molecular complexity index is 807. The third-order valence-electron chi connectivity index (χ3n) is 4.32. The number of hydrogen-bond acceptors (Lipinski definition) is 3. The van der Waals surface area contributed by atoms with E-state index in [0.29, 0.717) is 37.5 Å². The van der Waals surface area contributed by atoms with Crippen LogP contribution in [0, 0.1) is 6.92 Å². The lowest BCUT2D eigenvalue weighted by Gasteiger charge is -2.34. The maximum atomic E-state index is 12.8. The third kappa shape index (κ3) is 3.37. The van der Waals surface area contributed by atoms with Crippen molar-refractivity contribution in [1.82, 2.24) is 14.2 Å². The molecule has 3 rings (SSSR count). The molecule has 1 N–H and O–H groups in total. The van der Waals surface area contributed by atoms with Crippen molar-refractivity contribution in [2.75, 3.05) is 26.2 Å². The molecule has 1 aliphatic rings. The normalized spacial score (nSPS) is 16.3. The molecule has 2 aromatic rings. The van der Waals surface area contributed by atoms with Crippen molar-refractivity contribution in [2.45, 2.75) is 18.2 Å². The Labute approximate surface area is 142 Å². The third-order valence-corrected chi connectivity index (χ3v) is 6.38. The molecule has 1 saturated heterocycles. The molecule has 7 heteroatoms. The summed E-state index contributed by atoms with van der Waals surface area (Å²) in [5.74, 6) is 0.0301. The van der Waals surface area contributed by atoms with Gasteiger partial charge in [-0.15, -0.1) is 0 Å². The molecule has 6 nitrogen and oxygen atoms in total. The summed E-state index contributed by atoms with van der Waals surface area (Å²) in [4.78, 5) is 17.3. The van der Waals surface area contributed by atoms with Crippen LogP contribution in [-0.4, -0.2) is 54.7 Å². The molecular formula is C17H21N3O3S. The van der Waals surface area contributed by atoms with Gasteiger partial charge in [0.15, 0.2) is 0 Å². The lowest BCUT2D eigenvalue weighted by molar-refractivity contribution is -0.131. The number of aromatic nitrogens is 1. The van der Waals surface area contributed by atoms with Crippen molar-refractivity contribution in [3.8, 4) is 0 Å². The molecule has 0 saturated carbocycles. The first-order valence-corrected chi connectivity index (χ1v) is 9.38. The second-order valence-corrected chi connectivity index (χ2v) is 7.85. The molecule has 0 unspecified atom stereocenters. The van der Waals surface area contributed by atoms with Crippen LogP contribution in [0.4, 0.5) is 0 Å². The van der Waals surface area contributed by atoms with Crippen molar-refractivity contribution < 1.29 is 13.2 Å². The van der Waals surface area contributed by atoms with Gasteiger partial charge >= 0.3 is 0 Å². The highest BCUT2D eigenvalue weighted by atomic mass is 32.2. The van der Waals surface area contributed by atoms with E-state index in [1.165, 1.54) is 4.31 Å². The number of piperazine rings is 1. The van der Waals surface area contributed by atoms with E-state index in [1.807, 2.05) is 12.1 Å². The van der Waals surface area contributed by atoms with Gasteiger partial charge in [-0.2, -0.15) is 4.31 Å². The summed E-state index contributed by atoms with van der Waals surface area (Å²) in [6.07, 6.45) is 3.93. The molecule has 1 aliphatic heterocycles. The van der Waals surface area contributed by atoms with E-state index in [-0.39, 0.29) is 5.91 Å². The molecule has 0 aliphatic carbocycles. The number of nitrogens with zero attached hydrogens (tertiary/aromatic N) is 2. The fourth-order valence-electron chi connectivity index (χ4n) is 2.92. The number of aryl methyl sites for hydroxylation is 1. The molecule has 0 bridgehead atoms. The molecule has 1 aromatic carbocycles. The van der Waals surface area contributed by atoms with E-state index < -0.39 is 10.0 Å². The molecule has 128 valence electrons. The number of nitrogens with one attached hydrogen (secondary N) is 1. The van der Waals surface area contributed by atoms with Crippen molar-refractivity contribution in [3.63, 3.8) is 0 Å². The average molecular weight is 347 g/mol. The summed E-state index contributed by atoms with van der Waals surface area (Å²) in [5, 5.41) is 0. The Morgan fingerprint density at radius 3 is 2.46 bits per heavy atom. The van der Waals surface area contributed by atoms with E-state index >= 15 is 0 Å². The summed E-state index contributed by atoms with van der Waals surface area (Å²) in [7, 11) is -3.50. The quantitative estimate of drug-likeness (QED) is 0.908. The van der Waals surface area contributed by atoms with Gasteiger partial charge in [0.2, 0.25) is 15.9 Å². The minimum atomic E-state index is -3.50. The first-order valence-electron chi connectivity index (χ1n) is 7.94. The number of hydrogen-bond donors (Lipinski definition) is 1. The van der Waals surface area contributed by atoms with Gasteiger partial charge in [0, 0.05) is 38.6 Å². The highest BCUT2D eigenvalue weighted by Crippen LogP contribution is 2.21. The second kappa shape index (κ2) is 6.78.